The Morgan fingerprint density at radius 2 is 2.47 bits per heavy atom. The molecule has 1 atom stereocenters. The summed E-state index contributed by atoms with van der Waals surface area (Å²) in [4.78, 5) is 14.8. The lowest BCUT2D eigenvalue weighted by Gasteiger charge is -2.12. The van der Waals surface area contributed by atoms with Gasteiger partial charge in [0, 0.05) is 6.61 Å². The molecule has 1 saturated heterocycles. The highest BCUT2D eigenvalue weighted by molar-refractivity contribution is 6.29. The van der Waals surface area contributed by atoms with Gasteiger partial charge in [0.2, 0.25) is 5.88 Å². The Balaban J connectivity index is 2.07. The highest BCUT2D eigenvalue weighted by atomic mass is 35.5. The Morgan fingerprint density at radius 3 is 3.12 bits per heavy atom. The normalized spacial score (nSPS) is 19.2. The smallest absolute Gasteiger partial charge is 0.341 e. The zero-order valence-corrected chi connectivity index (χ0v) is 9.81. The van der Waals surface area contributed by atoms with Crippen molar-refractivity contribution in [2.75, 3.05) is 13.2 Å². The van der Waals surface area contributed by atoms with Crippen LogP contribution in [-0.2, 0) is 4.74 Å². The van der Waals surface area contributed by atoms with Crippen LogP contribution in [-0.4, -0.2) is 35.4 Å². The summed E-state index contributed by atoms with van der Waals surface area (Å²) in [5.41, 5.74) is 0.00685. The van der Waals surface area contributed by atoms with E-state index in [4.69, 9.17) is 26.2 Å². The number of hydrogen-bond acceptors (Lipinski definition) is 4. The zero-order chi connectivity index (χ0) is 12.3. The van der Waals surface area contributed by atoms with Crippen molar-refractivity contribution in [1.29, 1.82) is 0 Å². The molecule has 1 aromatic rings. The lowest BCUT2D eigenvalue weighted by atomic mass is 10.2. The predicted molar refractivity (Wildman–Crippen MR) is 60.7 cm³/mol. The van der Waals surface area contributed by atoms with Gasteiger partial charge in [-0.05, 0) is 25.0 Å². The number of rotatable bonds is 4. The number of aromatic carboxylic acids is 1. The number of carboxylic acids is 1. The number of carbonyl (C=O) groups is 1. The molecule has 0 bridgehead atoms. The van der Waals surface area contributed by atoms with Crippen molar-refractivity contribution in [3.05, 3.63) is 22.8 Å². The first-order chi connectivity index (χ1) is 8.16. The fraction of sp³-hybridized carbons (Fsp3) is 0.455. The molecule has 5 nitrogen and oxygen atoms in total. The number of halogens is 1. The molecule has 17 heavy (non-hydrogen) atoms. The standard InChI is InChI=1S/C11H12ClNO4/c12-9-4-3-8(11(14)15)10(13-9)17-6-7-2-1-5-16-7/h3-4,7H,1-2,5-6H2,(H,14,15). The summed E-state index contributed by atoms with van der Waals surface area (Å²) in [5.74, 6) is -1.04. The SMILES string of the molecule is O=C(O)c1ccc(Cl)nc1OCC1CCCO1. The molecule has 1 unspecified atom stereocenters. The van der Waals surface area contributed by atoms with Crippen LogP contribution in [0.4, 0.5) is 0 Å². The number of aromatic nitrogens is 1. The fourth-order valence-electron chi connectivity index (χ4n) is 1.64. The van der Waals surface area contributed by atoms with E-state index in [9.17, 15) is 4.79 Å². The maximum atomic E-state index is 10.9. The topological polar surface area (TPSA) is 68.7 Å². The van der Waals surface area contributed by atoms with Crippen LogP contribution >= 0.6 is 11.6 Å². The third kappa shape index (κ3) is 3.08. The van der Waals surface area contributed by atoms with Crippen LogP contribution in [0.5, 0.6) is 5.88 Å². The molecule has 0 aliphatic carbocycles. The van der Waals surface area contributed by atoms with E-state index >= 15 is 0 Å². The van der Waals surface area contributed by atoms with E-state index < -0.39 is 5.97 Å². The van der Waals surface area contributed by atoms with E-state index in [2.05, 4.69) is 4.98 Å². The van der Waals surface area contributed by atoms with Crippen molar-refractivity contribution in [2.45, 2.75) is 18.9 Å². The average molecular weight is 258 g/mol. The molecule has 0 radical (unpaired) electrons. The Morgan fingerprint density at radius 1 is 1.65 bits per heavy atom. The van der Waals surface area contributed by atoms with E-state index in [0.29, 0.717) is 6.61 Å². The van der Waals surface area contributed by atoms with Crippen molar-refractivity contribution in [1.82, 2.24) is 4.98 Å². The molecule has 6 heteroatoms. The van der Waals surface area contributed by atoms with Crippen molar-refractivity contribution < 1.29 is 19.4 Å². The molecule has 2 rings (SSSR count). The Kier molecular flexibility index (Phi) is 3.81. The molecular formula is C11H12ClNO4. The van der Waals surface area contributed by atoms with Gasteiger partial charge in [-0.15, -0.1) is 0 Å². The number of carboxylic acid groups (broad SMARTS) is 1. The number of pyridine rings is 1. The van der Waals surface area contributed by atoms with E-state index in [-0.39, 0.29) is 22.7 Å². The highest BCUT2D eigenvalue weighted by Crippen LogP contribution is 2.20. The van der Waals surface area contributed by atoms with Gasteiger partial charge in [0.05, 0.1) is 6.10 Å². The summed E-state index contributed by atoms with van der Waals surface area (Å²) in [6.45, 7) is 1.02. The lowest BCUT2D eigenvalue weighted by Crippen LogP contribution is -2.18. The zero-order valence-electron chi connectivity index (χ0n) is 9.06. The van der Waals surface area contributed by atoms with E-state index in [1.165, 1.54) is 12.1 Å². The van der Waals surface area contributed by atoms with Gasteiger partial charge in [-0.1, -0.05) is 11.6 Å². The van der Waals surface area contributed by atoms with Crippen LogP contribution in [0.15, 0.2) is 12.1 Å². The molecule has 0 saturated carbocycles. The summed E-state index contributed by atoms with van der Waals surface area (Å²) in [6, 6.07) is 2.80. The van der Waals surface area contributed by atoms with Gasteiger partial charge in [-0.2, -0.15) is 0 Å². The number of ether oxygens (including phenoxy) is 2. The van der Waals surface area contributed by atoms with Crippen LogP contribution in [0.2, 0.25) is 5.15 Å². The quantitative estimate of drug-likeness (QED) is 0.836. The Bertz CT molecular complexity index is 418. The molecule has 0 spiro atoms. The second-order valence-electron chi connectivity index (χ2n) is 3.74. The molecular weight excluding hydrogens is 246 g/mol. The third-order valence-electron chi connectivity index (χ3n) is 2.49. The maximum Gasteiger partial charge on any atom is 0.341 e. The average Bonchev–Trinajstić information content (AvgIpc) is 2.78. The molecule has 92 valence electrons. The van der Waals surface area contributed by atoms with Crippen LogP contribution in [0.1, 0.15) is 23.2 Å². The molecule has 0 amide bonds. The molecule has 2 heterocycles. The van der Waals surface area contributed by atoms with Crippen LogP contribution in [0.3, 0.4) is 0 Å². The van der Waals surface area contributed by atoms with Crippen LogP contribution < -0.4 is 4.74 Å². The fourth-order valence-corrected chi connectivity index (χ4v) is 1.78. The van der Waals surface area contributed by atoms with Crippen molar-refractivity contribution in [2.24, 2.45) is 0 Å². The van der Waals surface area contributed by atoms with Gasteiger partial charge in [-0.3, -0.25) is 0 Å². The van der Waals surface area contributed by atoms with E-state index in [0.717, 1.165) is 19.4 Å². The van der Waals surface area contributed by atoms with Gasteiger partial charge < -0.3 is 14.6 Å². The maximum absolute atomic E-state index is 10.9. The van der Waals surface area contributed by atoms with Gasteiger partial charge in [0.15, 0.2) is 0 Å². The summed E-state index contributed by atoms with van der Waals surface area (Å²) < 4.78 is 10.7. The summed E-state index contributed by atoms with van der Waals surface area (Å²) in [6.07, 6.45) is 1.93. The minimum Gasteiger partial charge on any atom is -0.477 e. The molecule has 1 aliphatic heterocycles. The predicted octanol–water partition coefficient (Wildman–Crippen LogP) is 1.99. The Hall–Kier alpha value is -1.33. The first-order valence-corrected chi connectivity index (χ1v) is 5.69. The minimum absolute atomic E-state index is 0.00685. The van der Waals surface area contributed by atoms with Gasteiger partial charge in [0.25, 0.3) is 0 Å². The van der Waals surface area contributed by atoms with Crippen LogP contribution in [0.25, 0.3) is 0 Å². The van der Waals surface area contributed by atoms with Gasteiger partial charge >= 0.3 is 5.97 Å². The molecule has 1 N–H and O–H groups in total. The molecule has 1 aliphatic rings. The number of nitrogens with zero attached hydrogens (tertiary/aromatic N) is 1. The summed E-state index contributed by atoms with van der Waals surface area (Å²) in [7, 11) is 0. The van der Waals surface area contributed by atoms with Crippen molar-refractivity contribution >= 4 is 17.6 Å². The first kappa shape index (κ1) is 12.1. The van der Waals surface area contributed by atoms with E-state index in [1.807, 2.05) is 0 Å². The van der Waals surface area contributed by atoms with Gasteiger partial charge in [0.1, 0.15) is 17.3 Å². The summed E-state index contributed by atoms with van der Waals surface area (Å²) in [5, 5.41) is 9.16. The summed E-state index contributed by atoms with van der Waals surface area (Å²) >= 11 is 5.70. The molecule has 1 fully saturated rings. The number of hydrogen-bond donors (Lipinski definition) is 1. The second kappa shape index (κ2) is 5.33. The van der Waals surface area contributed by atoms with Crippen molar-refractivity contribution in [3.8, 4) is 5.88 Å². The molecule has 1 aromatic heterocycles. The highest BCUT2D eigenvalue weighted by Gasteiger charge is 2.19. The monoisotopic (exact) mass is 257 g/mol. The minimum atomic E-state index is -1.09. The largest absolute Gasteiger partial charge is 0.477 e. The van der Waals surface area contributed by atoms with Gasteiger partial charge in [-0.25, -0.2) is 9.78 Å². The second-order valence-corrected chi connectivity index (χ2v) is 4.13. The Labute approximate surface area is 103 Å². The lowest BCUT2D eigenvalue weighted by molar-refractivity contribution is 0.0616. The van der Waals surface area contributed by atoms with E-state index in [1.54, 1.807) is 0 Å². The first-order valence-electron chi connectivity index (χ1n) is 5.31. The van der Waals surface area contributed by atoms with Crippen molar-refractivity contribution in [3.63, 3.8) is 0 Å². The van der Waals surface area contributed by atoms with Crippen LogP contribution in [0, 0.1) is 0 Å². The third-order valence-corrected chi connectivity index (χ3v) is 2.70. The molecule has 0 aromatic carbocycles.